The van der Waals surface area contributed by atoms with Crippen molar-refractivity contribution in [2.45, 2.75) is 20.5 Å². The van der Waals surface area contributed by atoms with E-state index in [0.717, 1.165) is 10.2 Å². The summed E-state index contributed by atoms with van der Waals surface area (Å²) in [7, 11) is 0. The molecule has 0 aliphatic rings. The van der Waals surface area contributed by atoms with Gasteiger partial charge in [0.2, 0.25) is 0 Å². The number of fused-ring (bicyclic) bond motifs is 1. The summed E-state index contributed by atoms with van der Waals surface area (Å²) >= 11 is 5.35. The van der Waals surface area contributed by atoms with Crippen LogP contribution in [-0.4, -0.2) is 0 Å². The lowest BCUT2D eigenvalue weighted by Gasteiger charge is -2.10. The molecule has 0 aliphatic heterocycles. The molecule has 1 nitrogen and oxygen atoms in total. The van der Waals surface area contributed by atoms with Crippen LogP contribution in [-0.2, 0) is 6.61 Å². The zero-order valence-electron chi connectivity index (χ0n) is 11.4. The van der Waals surface area contributed by atoms with Gasteiger partial charge in [0.05, 0.1) is 0 Å². The van der Waals surface area contributed by atoms with Crippen LogP contribution >= 0.6 is 27.3 Å². The van der Waals surface area contributed by atoms with E-state index < -0.39 is 0 Å². The minimum atomic E-state index is 0.616. The van der Waals surface area contributed by atoms with Crippen molar-refractivity contribution in [1.29, 1.82) is 0 Å². The van der Waals surface area contributed by atoms with E-state index in [4.69, 9.17) is 4.74 Å². The molecule has 1 aromatic heterocycles. The average molecular weight is 347 g/mol. The molecule has 20 heavy (non-hydrogen) atoms. The number of rotatable bonds is 3. The Kier molecular flexibility index (Phi) is 3.81. The van der Waals surface area contributed by atoms with Crippen LogP contribution in [0.2, 0.25) is 0 Å². The van der Waals surface area contributed by atoms with Gasteiger partial charge in [0, 0.05) is 14.7 Å². The Morgan fingerprint density at radius 2 is 1.80 bits per heavy atom. The second kappa shape index (κ2) is 5.58. The normalized spacial score (nSPS) is 10.9. The minimum Gasteiger partial charge on any atom is -0.489 e. The molecule has 0 unspecified atom stereocenters. The van der Waals surface area contributed by atoms with Gasteiger partial charge in [-0.2, -0.15) is 0 Å². The molecule has 3 rings (SSSR count). The molecule has 3 aromatic rings. The predicted molar refractivity (Wildman–Crippen MR) is 89.8 cm³/mol. The summed E-state index contributed by atoms with van der Waals surface area (Å²) in [6, 6.07) is 12.6. The molecule has 0 aliphatic carbocycles. The van der Waals surface area contributed by atoms with E-state index in [1.165, 1.54) is 26.8 Å². The van der Waals surface area contributed by atoms with Crippen molar-refractivity contribution in [2.24, 2.45) is 0 Å². The van der Waals surface area contributed by atoms with Crippen molar-refractivity contribution in [3.8, 4) is 5.75 Å². The molecule has 0 bridgehead atoms. The first-order chi connectivity index (χ1) is 9.65. The Balaban J connectivity index is 1.83. The molecule has 0 radical (unpaired) electrons. The summed E-state index contributed by atoms with van der Waals surface area (Å²) in [5, 5.41) is 3.48. The van der Waals surface area contributed by atoms with Crippen molar-refractivity contribution >= 4 is 37.4 Å². The second-order valence-electron chi connectivity index (χ2n) is 4.92. The first-order valence-corrected chi connectivity index (χ1v) is 8.17. The van der Waals surface area contributed by atoms with Gasteiger partial charge in [-0.05, 0) is 53.9 Å². The highest BCUT2D eigenvalue weighted by Crippen LogP contribution is 2.29. The maximum absolute atomic E-state index is 5.96. The van der Waals surface area contributed by atoms with Crippen LogP contribution in [0.5, 0.6) is 5.75 Å². The Hall–Kier alpha value is -1.32. The zero-order chi connectivity index (χ0) is 14.1. The molecular weight excluding hydrogens is 332 g/mol. The van der Waals surface area contributed by atoms with Crippen LogP contribution in [0.4, 0.5) is 0 Å². The largest absolute Gasteiger partial charge is 0.489 e. The molecule has 0 N–H and O–H groups in total. The topological polar surface area (TPSA) is 9.23 Å². The van der Waals surface area contributed by atoms with Crippen LogP contribution in [0.25, 0.3) is 10.1 Å². The smallest absolute Gasteiger partial charge is 0.120 e. The molecule has 0 saturated heterocycles. The first-order valence-electron chi connectivity index (χ1n) is 6.50. The van der Waals surface area contributed by atoms with Crippen molar-refractivity contribution in [1.82, 2.24) is 0 Å². The summed E-state index contributed by atoms with van der Waals surface area (Å²) in [5.41, 5.74) is 3.66. The molecule has 0 atom stereocenters. The molecule has 3 heteroatoms. The number of benzene rings is 2. The molecule has 0 spiro atoms. The van der Waals surface area contributed by atoms with Crippen molar-refractivity contribution < 1.29 is 4.74 Å². The fourth-order valence-corrected chi connectivity index (χ4v) is 3.47. The monoisotopic (exact) mass is 346 g/mol. The van der Waals surface area contributed by atoms with E-state index in [-0.39, 0.29) is 0 Å². The Bertz CT molecular complexity index is 738. The predicted octanol–water partition coefficient (Wildman–Crippen LogP) is 5.86. The van der Waals surface area contributed by atoms with E-state index in [2.05, 4.69) is 71.6 Å². The number of halogens is 1. The highest BCUT2D eigenvalue weighted by atomic mass is 79.9. The summed E-state index contributed by atoms with van der Waals surface area (Å²) in [6.45, 7) is 4.79. The van der Waals surface area contributed by atoms with E-state index in [9.17, 15) is 0 Å². The summed E-state index contributed by atoms with van der Waals surface area (Å²) in [4.78, 5) is 0. The first kappa shape index (κ1) is 13.7. The fourth-order valence-electron chi connectivity index (χ4n) is 2.30. The van der Waals surface area contributed by atoms with Gasteiger partial charge >= 0.3 is 0 Å². The maximum atomic E-state index is 5.96. The Morgan fingerprint density at radius 1 is 1.10 bits per heavy atom. The number of hydrogen-bond donors (Lipinski definition) is 0. The number of hydrogen-bond acceptors (Lipinski definition) is 2. The Labute approximate surface area is 131 Å². The lowest BCUT2D eigenvalue weighted by molar-refractivity contribution is 0.307. The van der Waals surface area contributed by atoms with E-state index in [0.29, 0.717) is 6.61 Å². The molecular formula is C17H15BrOS. The molecule has 1 heterocycles. The Morgan fingerprint density at radius 3 is 2.55 bits per heavy atom. The van der Waals surface area contributed by atoms with Gasteiger partial charge in [-0.1, -0.05) is 34.1 Å². The van der Waals surface area contributed by atoms with Gasteiger partial charge < -0.3 is 4.74 Å². The summed E-state index contributed by atoms with van der Waals surface area (Å²) in [6.07, 6.45) is 0. The molecule has 0 amide bonds. The summed E-state index contributed by atoms with van der Waals surface area (Å²) < 4.78 is 8.43. The van der Waals surface area contributed by atoms with Crippen LogP contribution in [0, 0.1) is 13.8 Å². The van der Waals surface area contributed by atoms with Crippen molar-refractivity contribution in [3.05, 3.63) is 62.9 Å². The van der Waals surface area contributed by atoms with E-state index >= 15 is 0 Å². The number of ether oxygens (including phenoxy) is 1. The minimum absolute atomic E-state index is 0.616. The maximum Gasteiger partial charge on any atom is 0.120 e. The molecule has 0 fully saturated rings. The lowest BCUT2D eigenvalue weighted by atomic mass is 10.1. The van der Waals surface area contributed by atoms with Crippen molar-refractivity contribution in [3.63, 3.8) is 0 Å². The zero-order valence-corrected chi connectivity index (χ0v) is 13.8. The van der Waals surface area contributed by atoms with Gasteiger partial charge in [-0.25, -0.2) is 0 Å². The number of thiophene rings is 1. The lowest BCUT2D eigenvalue weighted by Crippen LogP contribution is -1.95. The SMILES string of the molecule is Cc1cc(OCc2csc3ccccc23)cc(C)c1Br. The van der Waals surface area contributed by atoms with E-state index in [1.54, 1.807) is 11.3 Å². The molecule has 102 valence electrons. The fraction of sp³-hybridized carbons (Fsp3) is 0.176. The third kappa shape index (κ3) is 2.60. The van der Waals surface area contributed by atoms with Crippen LogP contribution in [0.15, 0.2) is 46.3 Å². The third-order valence-corrected chi connectivity index (χ3v) is 5.63. The molecule has 0 saturated carbocycles. The van der Waals surface area contributed by atoms with Crippen LogP contribution < -0.4 is 4.74 Å². The van der Waals surface area contributed by atoms with Gasteiger partial charge in [-0.3, -0.25) is 0 Å². The van der Waals surface area contributed by atoms with Crippen molar-refractivity contribution in [2.75, 3.05) is 0 Å². The number of aryl methyl sites for hydroxylation is 2. The highest BCUT2D eigenvalue weighted by Gasteiger charge is 2.06. The van der Waals surface area contributed by atoms with E-state index in [1.807, 2.05) is 0 Å². The highest BCUT2D eigenvalue weighted by molar-refractivity contribution is 9.10. The molecule has 2 aromatic carbocycles. The van der Waals surface area contributed by atoms with Gasteiger partial charge in [-0.15, -0.1) is 11.3 Å². The standard InChI is InChI=1S/C17H15BrOS/c1-11-7-14(8-12(2)17(11)18)19-9-13-10-20-16-6-4-3-5-15(13)16/h3-8,10H,9H2,1-2H3. The third-order valence-electron chi connectivity index (χ3n) is 3.37. The van der Waals surface area contributed by atoms with Crippen LogP contribution in [0.3, 0.4) is 0 Å². The van der Waals surface area contributed by atoms with Gasteiger partial charge in [0.1, 0.15) is 12.4 Å². The van der Waals surface area contributed by atoms with Crippen LogP contribution in [0.1, 0.15) is 16.7 Å². The summed E-state index contributed by atoms with van der Waals surface area (Å²) in [5.74, 6) is 0.929. The quantitative estimate of drug-likeness (QED) is 0.577. The second-order valence-corrected chi connectivity index (χ2v) is 6.62. The van der Waals surface area contributed by atoms with Gasteiger partial charge in [0.25, 0.3) is 0 Å². The average Bonchev–Trinajstić information content (AvgIpc) is 2.85. The van der Waals surface area contributed by atoms with Gasteiger partial charge in [0.15, 0.2) is 0 Å².